The topological polar surface area (TPSA) is 342 Å². The number of hydrogen-bond donors (Lipinski definition) is 11. The Morgan fingerprint density at radius 3 is 1.18 bits per heavy atom. The van der Waals surface area contributed by atoms with E-state index >= 15 is 0 Å². The summed E-state index contributed by atoms with van der Waals surface area (Å²) in [6, 6.07) is 32.5. The molecule has 0 saturated carbocycles. The average molecular weight is 925 g/mol. The standard InChI is InChI=1S/C31H44N10P.C15H31N9/c1-40(30(36)38-28(32)33)21-18-24(19-22-41(2)31(37)39-29(34)35)20-23-42(25-12-6-3-7-13-25,26-14-8-4-9-15-26)27-16-10-5-11-17-27;1-12(16)21-14(19)23(2)10-8-6-4-5-7-9-11-24(3)15(20)22-13(17)18/h3-17,24H,18-23H2,1-2H3,(H5,32,33,36,38)(H5,34,35,37,39);4-5H,1,6-11,16H2,2-3H3,(H2,19,21)(H5,17,18,20,22)/q+1;/b;5-4-. The van der Waals surface area contributed by atoms with Gasteiger partial charge >= 0.3 is 0 Å². The van der Waals surface area contributed by atoms with Crippen LogP contribution < -0.4 is 61.8 Å². The van der Waals surface area contributed by atoms with Gasteiger partial charge in [-0.1, -0.05) is 73.3 Å². The van der Waals surface area contributed by atoms with Crippen LogP contribution in [0.25, 0.3) is 0 Å². The number of nitrogens with one attached hydrogen (secondary N) is 3. The van der Waals surface area contributed by atoms with Gasteiger partial charge in [-0.25, -0.2) is 0 Å². The predicted octanol–water partition coefficient (Wildman–Crippen LogP) is 1.97. The van der Waals surface area contributed by atoms with Crippen molar-refractivity contribution in [2.24, 2.45) is 71.8 Å². The summed E-state index contributed by atoms with van der Waals surface area (Å²) in [4.78, 5) is 22.4. The molecule has 0 unspecified atom stereocenters. The fraction of sp³-hybridized carbons (Fsp3) is 0.370. The summed E-state index contributed by atoms with van der Waals surface area (Å²) in [5.74, 6) is 0.622. The summed E-state index contributed by atoms with van der Waals surface area (Å²) in [7, 11) is 5.30. The van der Waals surface area contributed by atoms with Crippen LogP contribution in [0, 0.1) is 22.1 Å². The number of guanidine groups is 7. The van der Waals surface area contributed by atoms with E-state index in [-0.39, 0.29) is 47.5 Å². The maximum atomic E-state index is 8.21. The Labute approximate surface area is 392 Å². The molecule has 0 heterocycles. The van der Waals surface area contributed by atoms with E-state index in [1.807, 2.05) is 26.0 Å². The Morgan fingerprint density at radius 1 is 0.515 bits per heavy atom. The van der Waals surface area contributed by atoms with Crippen molar-refractivity contribution in [1.29, 1.82) is 16.2 Å². The Balaban J connectivity index is 0.000000532. The van der Waals surface area contributed by atoms with Crippen molar-refractivity contribution in [3.63, 3.8) is 0 Å². The lowest BCUT2D eigenvalue weighted by molar-refractivity contribution is 0.342. The van der Waals surface area contributed by atoms with Gasteiger partial charge in [0.25, 0.3) is 0 Å². The highest BCUT2D eigenvalue weighted by molar-refractivity contribution is 7.95. The van der Waals surface area contributed by atoms with Crippen molar-refractivity contribution in [2.45, 2.75) is 44.9 Å². The quantitative estimate of drug-likeness (QED) is 0.0240. The number of unbranched alkanes of at least 4 members (excludes halogenated alkanes) is 2. The van der Waals surface area contributed by atoms with Gasteiger partial charge in [-0.3, -0.25) is 16.2 Å². The van der Waals surface area contributed by atoms with Crippen LogP contribution in [0.2, 0.25) is 0 Å². The molecule has 0 aliphatic heterocycles. The Kier molecular flexibility index (Phi) is 24.4. The molecule has 358 valence electrons. The first-order valence-electron chi connectivity index (χ1n) is 21.7. The van der Waals surface area contributed by atoms with Crippen LogP contribution >= 0.6 is 7.26 Å². The second-order valence-electron chi connectivity index (χ2n) is 15.8. The lowest BCUT2D eigenvalue weighted by Crippen LogP contribution is -2.35. The van der Waals surface area contributed by atoms with Crippen molar-refractivity contribution in [2.75, 3.05) is 60.5 Å². The lowest BCUT2D eigenvalue weighted by atomic mass is 9.98. The predicted molar refractivity (Wildman–Crippen MR) is 281 cm³/mol. The van der Waals surface area contributed by atoms with Gasteiger partial charge in [0.05, 0.1) is 6.16 Å². The van der Waals surface area contributed by atoms with Crippen molar-refractivity contribution >= 4 is 64.9 Å². The summed E-state index contributed by atoms with van der Waals surface area (Å²) >= 11 is 0. The van der Waals surface area contributed by atoms with Crippen LogP contribution in [0.15, 0.2) is 136 Å². The van der Waals surface area contributed by atoms with Crippen molar-refractivity contribution in [3.8, 4) is 0 Å². The second-order valence-corrected chi connectivity index (χ2v) is 19.4. The molecule has 3 aromatic rings. The Bertz CT molecular complexity index is 1960. The molecular weight excluding hydrogens is 850 g/mol. The fourth-order valence-electron chi connectivity index (χ4n) is 6.86. The van der Waals surface area contributed by atoms with E-state index in [9.17, 15) is 0 Å². The van der Waals surface area contributed by atoms with Crippen LogP contribution in [0.5, 0.6) is 0 Å². The molecule has 0 aliphatic rings. The molecule has 20 heteroatoms. The third-order valence-corrected chi connectivity index (χ3v) is 15.0. The van der Waals surface area contributed by atoms with Crippen molar-refractivity contribution < 1.29 is 0 Å². The van der Waals surface area contributed by atoms with E-state index in [1.54, 1.807) is 21.7 Å². The largest absolute Gasteiger partial charge is 0.384 e. The van der Waals surface area contributed by atoms with E-state index in [4.69, 9.17) is 62.1 Å². The number of hydrogen-bond acceptors (Lipinski definition) is 5. The van der Waals surface area contributed by atoms with Gasteiger partial charge in [0.2, 0.25) is 17.9 Å². The van der Waals surface area contributed by atoms with Crippen LogP contribution in [-0.2, 0) is 0 Å². The molecule has 19 N–H and O–H groups in total. The van der Waals surface area contributed by atoms with Crippen LogP contribution in [0.1, 0.15) is 44.9 Å². The van der Waals surface area contributed by atoms with E-state index in [2.05, 4.69) is 130 Å². The molecule has 0 aliphatic carbocycles. The van der Waals surface area contributed by atoms with Crippen LogP contribution in [-0.4, -0.2) is 122 Å². The Morgan fingerprint density at radius 2 is 0.848 bits per heavy atom. The molecule has 19 nitrogen and oxygen atoms in total. The van der Waals surface area contributed by atoms with Crippen LogP contribution in [0.3, 0.4) is 0 Å². The number of nitrogens with two attached hydrogens (primary N) is 8. The normalized spacial score (nSPS) is 11.5. The minimum absolute atomic E-state index is 0.0279. The second kappa shape index (κ2) is 29.3. The monoisotopic (exact) mass is 925 g/mol. The molecule has 3 aromatic carbocycles. The first kappa shape index (κ1) is 55.0. The molecule has 0 saturated heterocycles. The minimum atomic E-state index is -2.00. The zero-order valence-electron chi connectivity index (χ0n) is 39.2. The average Bonchev–Trinajstić information content (AvgIpc) is 3.28. The van der Waals surface area contributed by atoms with E-state index in [1.165, 1.54) is 15.9 Å². The molecule has 0 amide bonds. The lowest BCUT2D eigenvalue weighted by Gasteiger charge is -2.30. The molecular formula is C46H75N19P+. The highest BCUT2D eigenvalue weighted by Gasteiger charge is 2.45. The number of allylic oxidation sites excluding steroid dienone is 2. The minimum Gasteiger partial charge on any atom is -0.384 e. The van der Waals surface area contributed by atoms with Crippen LogP contribution in [0.4, 0.5) is 0 Å². The molecule has 0 spiro atoms. The van der Waals surface area contributed by atoms with E-state index < -0.39 is 7.26 Å². The molecule has 0 atom stereocenters. The van der Waals surface area contributed by atoms with Gasteiger partial charge in [0, 0.05) is 54.4 Å². The van der Waals surface area contributed by atoms with E-state index in [0.29, 0.717) is 19.0 Å². The first-order valence-corrected chi connectivity index (χ1v) is 23.7. The summed E-state index contributed by atoms with van der Waals surface area (Å²) in [6.45, 7) is 6.23. The zero-order chi connectivity index (χ0) is 49.1. The van der Waals surface area contributed by atoms with Gasteiger partial charge < -0.3 is 65.5 Å². The number of nitrogens with zero attached hydrogens (tertiary/aromatic N) is 8. The van der Waals surface area contributed by atoms with Gasteiger partial charge in [-0.05, 0) is 87.3 Å². The summed E-state index contributed by atoms with van der Waals surface area (Å²) < 4.78 is 0. The third-order valence-electron chi connectivity index (χ3n) is 10.5. The molecule has 3 rings (SSSR count). The SMILES string of the molecule is C=C(N)N=C(N)N(C)CCC/C=C\CCCN(C)C(=N)N=C(N)N.CN(CCC(CCN(C)C(=N)N=C(N)N)CC[P+](c1ccccc1)(c1ccccc1)c1ccccc1)C(=N)N=C(N)N. The van der Waals surface area contributed by atoms with Gasteiger partial charge in [-0.2, -0.15) is 20.0 Å². The third kappa shape index (κ3) is 20.1. The molecule has 0 aromatic heterocycles. The molecule has 66 heavy (non-hydrogen) atoms. The molecule has 0 radical (unpaired) electrons. The highest BCUT2D eigenvalue weighted by Crippen LogP contribution is 2.56. The van der Waals surface area contributed by atoms with Crippen molar-refractivity contribution in [1.82, 2.24) is 19.6 Å². The molecule has 0 fully saturated rings. The van der Waals surface area contributed by atoms with Gasteiger partial charge in [0.1, 0.15) is 29.0 Å². The zero-order valence-corrected chi connectivity index (χ0v) is 40.1. The summed E-state index contributed by atoms with van der Waals surface area (Å²) in [6.07, 6.45) is 11.6. The number of rotatable bonds is 21. The number of aliphatic imine (C=N–C) groups is 4. The summed E-state index contributed by atoms with van der Waals surface area (Å²) in [5.41, 5.74) is 43.6. The fourth-order valence-corrected chi connectivity index (χ4v) is 11.3. The number of benzene rings is 3. The van der Waals surface area contributed by atoms with Gasteiger partial charge in [-0.15, -0.1) is 0 Å². The van der Waals surface area contributed by atoms with Crippen molar-refractivity contribution in [3.05, 3.63) is 116 Å². The smallest absolute Gasteiger partial charge is 0.220 e. The first-order chi connectivity index (χ1) is 31.4. The maximum Gasteiger partial charge on any atom is 0.220 e. The van der Waals surface area contributed by atoms with E-state index in [0.717, 1.165) is 64.2 Å². The molecule has 0 bridgehead atoms. The maximum absolute atomic E-state index is 8.21. The van der Waals surface area contributed by atoms with Gasteiger partial charge in [0.15, 0.2) is 23.8 Å². The Hall–Kier alpha value is -7.14. The highest BCUT2D eigenvalue weighted by atomic mass is 31.2. The summed E-state index contributed by atoms with van der Waals surface area (Å²) in [5, 5.41) is 28.1.